The van der Waals surface area contributed by atoms with Crippen molar-refractivity contribution in [2.75, 3.05) is 4.72 Å². The lowest BCUT2D eigenvalue weighted by Gasteiger charge is -2.11. The Bertz CT molecular complexity index is 996. The molecule has 24 heavy (non-hydrogen) atoms. The van der Waals surface area contributed by atoms with Crippen LogP contribution in [0.1, 0.15) is 0 Å². The topological polar surface area (TPSA) is 89.8 Å². The molecule has 11 heteroatoms. The van der Waals surface area contributed by atoms with Crippen molar-refractivity contribution in [2.24, 2.45) is 0 Å². The second kappa shape index (κ2) is 6.67. The zero-order valence-electron chi connectivity index (χ0n) is 11.7. The van der Waals surface area contributed by atoms with E-state index in [0.29, 0.717) is 20.9 Å². The van der Waals surface area contributed by atoms with Crippen LogP contribution in [0.25, 0.3) is 5.69 Å². The van der Waals surface area contributed by atoms with E-state index < -0.39 is 10.0 Å². The number of rotatable bonds is 4. The third-order valence-electron chi connectivity index (χ3n) is 2.98. The van der Waals surface area contributed by atoms with Crippen LogP contribution in [0.2, 0.25) is 10.0 Å². The van der Waals surface area contributed by atoms with Gasteiger partial charge in [-0.25, -0.2) is 13.1 Å². The second-order valence-corrected chi connectivity index (χ2v) is 7.93. The molecular formula is C13H8BrCl2N5O2S. The average Bonchev–Trinajstić information content (AvgIpc) is 3.05. The van der Waals surface area contributed by atoms with Crippen LogP contribution >= 0.6 is 39.1 Å². The van der Waals surface area contributed by atoms with Gasteiger partial charge in [-0.1, -0.05) is 29.3 Å². The molecule has 0 spiro atoms. The summed E-state index contributed by atoms with van der Waals surface area (Å²) in [6.45, 7) is 0. The van der Waals surface area contributed by atoms with Crippen molar-refractivity contribution in [1.29, 1.82) is 0 Å². The van der Waals surface area contributed by atoms with Gasteiger partial charge in [0.05, 0.1) is 21.4 Å². The molecular weight excluding hydrogens is 441 g/mol. The van der Waals surface area contributed by atoms with Crippen molar-refractivity contribution < 1.29 is 8.42 Å². The van der Waals surface area contributed by atoms with E-state index in [2.05, 4.69) is 36.2 Å². The standard InChI is InChI=1S/C13H8BrCl2N5O2S/c14-10-5-13(12(16)6-11(10)15)24(22,23)18-8-2-1-3-9(4-8)21-7-17-19-20-21/h1-7,18H. The Hall–Kier alpha value is -1.68. The number of nitrogens with zero attached hydrogens (tertiary/aromatic N) is 4. The molecule has 0 atom stereocenters. The molecule has 0 fully saturated rings. The summed E-state index contributed by atoms with van der Waals surface area (Å²) >= 11 is 15.1. The maximum absolute atomic E-state index is 12.6. The first-order valence-electron chi connectivity index (χ1n) is 6.37. The molecule has 1 N–H and O–H groups in total. The first kappa shape index (κ1) is 17.2. The fourth-order valence-corrected chi connectivity index (χ4v) is 4.23. The zero-order valence-corrected chi connectivity index (χ0v) is 15.6. The predicted molar refractivity (Wildman–Crippen MR) is 94.1 cm³/mol. The summed E-state index contributed by atoms with van der Waals surface area (Å²) in [5.41, 5.74) is 0.939. The summed E-state index contributed by atoms with van der Waals surface area (Å²) < 4.78 is 29.5. The Morgan fingerprint density at radius 2 is 1.92 bits per heavy atom. The summed E-state index contributed by atoms with van der Waals surface area (Å²) in [5.74, 6) is 0. The van der Waals surface area contributed by atoms with Crippen LogP contribution in [0.5, 0.6) is 0 Å². The van der Waals surface area contributed by atoms with E-state index in [-0.39, 0.29) is 9.92 Å². The summed E-state index contributed by atoms with van der Waals surface area (Å²) in [6, 6.07) is 9.31. The molecule has 7 nitrogen and oxygen atoms in total. The molecule has 0 aliphatic heterocycles. The number of aromatic nitrogens is 4. The third-order valence-corrected chi connectivity index (χ3v) is 6.02. The van der Waals surface area contributed by atoms with Crippen LogP contribution in [-0.4, -0.2) is 28.6 Å². The largest absolute Gasteiger partial charge is 0.280 e. The summed E-state index contributed by atoms with van der Waals surface area (Å²) in [4.78, 5) is -0.0896. The molecule has 0 saturated carbocycles. The Balaban J connectivity index is 1.96. The SMILES string of the molecule is O=S(=O)(Nc1cccc(-n2cnnn2)c1)c1cc(Br)c(Cl)cc1Cl. The second-order valence-electron chi connectivity index (χ2n) is 4.61. The molecule has 0 amide bonds. The van der Waals surface area contributed by atoms with Gasteiger partial charge in [0.2, 0.25) is 0 Å². The van der Waals surface area contributed by atoms with Crippen molar-refractivity contribution >= 4 is 54.8 Å². The lowest BCUT2D eigenvalue weighted by molar-refractivity contribution is 0.601. The van der Waals surface area contributed by atoms with E-state index in [1.54, 1.807) is 24.3 Å². The van der Waals surface area contributed by atoms with Crippen molar-refractivity contribution in [2.45, 2.75) is 4.90 Å². The highest BCUT2D eigenvalue weighted by Gasteiger charge is 2.20. The summed E-state index contributed by atoms with van der Waals surface area (Å²) in [6.07, 6.45) is 1.40. The minimum Gasteiger partial charge on any atom is -0.280 e. The quantitative estimate of drug-likeness (QED) is 0.616. The van der Waals surface area contributed by atoms with E-state index >= 15 is 0 Å². The highest BCUT2D eigenvalue weighted by Crippen LogP contribution is 2.32. The van der Waals surface area contributed by atoms with E-state index in [1.165, 1.54) is 23.1 Å². The fraction of sp³-hybridized carbons (Fsp3) is 0. The van der Waals surface area contributed by atoms with E-state index in [4.69, 9.17) is 23.2 Å². The van der Waals surface area contributed by atoms with Gasteiger partial charge in [0.25, 0.3) is 10.0 Å². The van der Waals surface area contributed by atoms with Gasteiger partial charge >= 0.3 is 0 Å². The fourth-order valence-electron chi connectivity index (χ4n) is 1.91. The van der Waals surface area contributed by atoms with Gasteiger partial charge in [-0.2, -0.15) is 0 Å². The molecule has 0 radical (unpaired) electrons. The summed E-state index contributed by atoms with van der Waals surface area (Å²) in [5, 5.41) is 11.2. The highest BCUT2D eigenvalue weighted by atomic mass is 79.9. The number of nitrogens with one attached hydrogen (secondary N) is 1. The predicted octanol–water partition coefficient (Wildman–Crippen LogP) is 3.53. The molecule has 1 heterocycles. The monoisotopic (exact) mass is 447 g/mol. The molecule has 1 aromatic heterocycles. The van der Waals surface area contributed by atoms with Crippen LogP contribution in [-0.2, 0) is 10.0 Å². The van der Waals surface area contributed by atoms with Crippen LogP contribution in [0.15, 0.2) is 52.1 Å². The lowest BCUT2D eigenvalue weighted by Crippen LogP contribution is -2.14. The van der Waals surface area contributed by atoms with Gasteiger partial charge in [-0.05, 0) is 56.7 Å². The Morgan fingerprint density at radius 3 is 2.62 bits per heavy atom. The van der Waals surface area contributed by atoms with Crippen molar-refractivity contribution in [3.63, 3.8) is 0 Å². The molecule has 124 valence electrons. The minimum atomic E-state index is -3.90. The molecule has 0 saturated heterocycles. The van der Waals surface area contributed by atoms with Gasteiger partial charge in [0.1, 0.15) is 11.2 Å². The summed E-state index contributed by atoms with van der Waals surface area (Å²) in [7, 11) is -3.90. The van der Waals surface area contributed by atoms with Crippen LogP contribution in [0, 0.1) is 0 Å². The van der Waals surface area contributed by atoms with Crippen LogP contribution in [0.3, 0.4) is 0 Å². The number of sulfonamides is 1. The third kappa shape index (κ3) is 3.54. The molecule has 0 aliphatic carbocycles. The lowest BCUT2D eigenvalue weighted by atomic mass is 10.3. The number of tetrazole rings is 1. The van der Waals surface area contributed by atoms with Crippen LogP contribution in [0.4, 0.5) is 5.69 Å². The first-order valence-corrected chi connectivity index (χ1v) is 9.41. The number of halogens is 3. The Labute approximate surface area is 155 Å². The molecule has 0 unspecified atom stereocenters. The van der Waals surface area contributed by atoms with Crippen LogP contribution < -0.4 is 4.72 Å². The van der Waals surface area contributed by atoms with Gasteiger partial charge < -0.3 is 0 Å². The zero-order chi connectivity index (χ0) is 17.3. The number of anilines is 1. The number of benzene rings is 2. The Morgan fingerprint density at radius 1 is 1.12 bits per heavy atom. The first-order chi connectivity index (χ1) is 11.4. The maximum atomic E-state index is 12.6. The molecule has 3 aromatic rings. The molecule has 0 bridgehead atoms. The van der Waals surface area contributed by atoms with Crippen molar-refractivity contribution in [1.82, 2.24) is 20.2 Å². The van der Waals surface area contributed by atoms with Crippen molar-refractivity contribution in [3.8, 4) is 5.69 Å². The van der Waals surface area contributed by atoms with E-state index in [1.807, 2.05) is 0 Å². The number of hydrogen-bond acceptors (Lipinski definition) is 5. The van der Waals surface area contributed by atoms with E-state index in [0.717, 1.165) is 0 Å². The Kier molecular flexibility index (Phi) is 4.77. The smallest absolute Gasteiger partial charge is 0.263 e. The van der Waals surface area contributed by atoms with Gasteiger partial charge in [-0.3, -0.25) is 4.72 Å². The van der Waals surface area contributed by atoms with E-state index in [9.17, 15) is 8.42 Å². The molecule has 2 aromatic carbocycles. The van der Waals surface area contributed by atoms with Gasteiger partial charge in [0, 0.05) is 4.47 Å². The van der Waals surface area contributed by atoms with Gasteiger partial charge in [0.15, 0.2) is 0 Å². The molecule has 3 rings (SSSR count). The molecule has 0 aliphatic rings. The average molecular weight is 449 g/mol. The minimum absolute atomic E-state index is 0.0207. The number of hydrogen-bond donors (Lipinski definition) is 1. The highest BCUT2D eigenvalue weighted by molar-refractivity contribution is 9.10. The van der Waals surface area contributed by atoms with Gasteiger partial charge in [-0.15, -0.1) is 5.10 Å². The van der Waals surface area contributed by atoms with Crippen molar-refractivity contribution in [3.05, 3.63) is 57.2 Å². The maximum Gasteiger partial charge on any atom is 0.263 e. The normalized spacial score (nSPS) is 11.5.